The minimum Gasteiger partial charge on any atom is -0.489 e. The van der Waals surface area contributed by atoms with Gasteiger partial charge in [-0.3, -0.25) is 4.98 Å². The summed E-state index contributed by atoms with van der Waals surface area (Å²) in [6.45, 7) is 5.56. The third-order valence-corrected chi connectivity index (χ3v) is 6.97. The first-order valence-electron chi connectivity index (χ1n) is 12.3. The summed E-state index contributed by atoms with van der Waals surface area (Å²) in [6.07, 6.45) is 2.77. The van der Waals surface area contributed by atoms with E-state index in [0.717, 1.165) is 33.9 Å². The molecule has 1 aliphatic rings. The second kappa shape index (κ2) is 9.70. The molecule has 8 nitrogen and oxygen atoms in total. The van der Waals surface area contributed by atoms with Crippen molar-refractivity contribution in [3.05, 3.63) is 102 Å². The van der Waals surface area contributed by atoms with Crippen LogP contribution in [-0.4, -0.2) is 48.8 Å². The standard InChI is InChI=1S/C30H29N3O5/c1-6-26(34)37-17-16-36-25-18-20(32(3)4)13-14-23(25)30(28-22(29(35)38-30)11-9-15-31-28)27-19(2)33(5)24-12-8-7-10-21(24)27/h6-15,18H,1,16-17H2,2-5H3. The molecule has 0 fully saturated rings. The third-order valence-electron chi connectivity index (χ3n) is 6.97. The van der Waals surface area contributed by atoms with Crippen molar-refractivity contribution in [2.75, 3.05) is 32.2 Å². The lowest BCUT2D eigenvalue weighted by Gasteiger charge is -2.32. The van der Waals surface area contributed by atoms with Gasteiger partial charge in [-0.15, -0.1) is 0 Å². The summed E-state index contributed by atoms with van der Waals surface area (Å²) in [4.78, 5) is 31.6. The van der Waals surface area contributed by atoms with E-state index in [1.807, 2.05) is 75.4 Å². The lowest BCUT2D eigenvalue weighted by molar-refractivity contribution is -0.138. The molecule has 194 valence electrons. The SMILES string of the molecule is C=CC(=O)OCCOc1cc(N(C)C)ccc1C1(c2c(C)n(C)c3ccccc23)OC(=O)c2cccnc21. The summed E-state index contributed by atoms with van der Waals surface area (Å²) in [5, 5.41) is 0.946. The number of carbonyl (C=O) groups is 2. The van der Waals surface area contributed by atoms with Crippen LogP contribution in [0.25, 0.3) is 10.9 Å². The van der Waals surface area contributed by atoms with E-state index in [0.29, 0.717) is 22.6 Å². The molecule has 3 heterocycles. The molecule has 1 unspecified atom stereocenters. The first kappa shape index (κ1) is 25.1. The Hall–Kier alpha value is -4.59. The number of fused-ring (bicyclic) bond motifs is 2. The molecule has 0 N–H and O–H groups in total. The van der Waals surface area contributed by atoms with E-state index in [1.54, 1.807) is 18.3 Å². The molecule has 0 saturated carbocycles. The van der Waals surface area contributed by atoms with Crippen LogP contribution in [0.15, 0.2) is 73.4 Å². The van der Waals surface area contributed by atoms with E-state index in [9.17, 15) is 9.59 Å². The fraction of sp³-hybridized carbons (Fsp3) is 0.233. The second-order valence-electron chi connectivity index (χ2n) is 9.30. The van der Waals surface area contributed by atoms with Gasteiger partial charge in [-0.1, -0.05) is 24.8 Å². The Morgan fingerprint density at radius 3 is 2.71 bits per heavy atom. The van der Waals surface area contributed by atoms with Gasteiger partial charge in [-0.05, 0) is 37.3 Å². The van der Waals surface area contributed by atoms with Crippen LogP contribution in [0.3, 0.4) is 0 Å². The molecule has 0 bridgehead atoms. The van der Waals surface area contributed by atoms with Crippen LogP contribution >= 0.6 is 0 Å². The number of ether oxygens (including phenoxy) is 3. The normalized spacial score (nSPS) is 16.2. The van der Waals surface area contributed by atoms with Gasteiger partial charge in [0.15, 0.2) is 0 Å². The zero-order valence-electron chi connectivity index (χ0n) is 21.9. The highest BCUT2D eigenvalue weighted by Crippen LogP contribution is 2.52. The predicted molar refractivity (Wildman–Crippen MR) is 145 cm³/mol. The van der Waals surface area contributed by atoms with Crippen molar-refractivity contribution in [3.63, 3.8) is 0 Å². The van der Waals surface area contributed by atoms with Crippen molar-refractivity contribution in [2.24, 2.45) is 7.05 Å². The van der Waals surface area contributed by atoms with Gasteiger partial charge < -0.3 is 23.7 Å². The number of benzene rings is 2. The molecule has 4 aromatic rings. The first-order valence-corrected chi connectivity index (χ1v) is 12.3. The third kappa shape index (κ3) is 3.89. The molecule has 1 aliphatic heterocycles. The van der Waals surface area contributed by atoms with Crippen molar-refractivity contribution in [3.8, 4) is 5.75 Å². The van der Waals surface area contributed by atoms with Crippen molar-refractivity contribution in [1.29, 1.82) is 0 Å². The summed E-state index contributed by atoms with van der Waals surface area (Å²) in [6, 6.07) is 17.2. The number of aromatic nitrogens is 2. The molecule has 0 radical (unpaired) electrons. The van der Waals surface area contributed by atoms with Crippen LogP contribution in [0, 0.1) is 6.92 Å². The largest absolute Gasteiger partial charge is 0.489 e. The number of rotatable bonds is 8. The van der Waals surface area contributed by atoms with E-state index in [-0.39, 0.29) is 13.2 Å². The maximum atomic E-state index is 13.4. The zero-order valence-corrected chi connectivity index (χ0v) is 21.9. The number of hydrogen-bond donors (Lipinski definition) is 0. The Morgan fingerprint density at radius 2 is 1.95 bits per heavy atom. The van der Waals surface area contributed by atoms with E-state index < -0.39 is 17.5 Å². The highest BCUT2D eigenvalue weighted by atomic mass is 16.6. The Kier molecular flexibility index (Phi) is 6.40. The lowest BCUT2D eigenvalue weighted by atomic mass is 9.80. The lowest BCUT2D eigenvalue weighted by Crippen LogP contribution is -2.32. The maximum Gasteiger partial charge on any atom is 0.341 e. The predicted octanol–water partition coefficient (Wildman–Crippen LogP) is 4.52. The molecule has 5 rings (SSSR count). The van der Waals surface area contributed by atoms with Crippen LogP contribution in [0.1, 0.15) is 32.9 Å². The molecule has 0 spiro atoms. The number of carbonyl (C=O) groups excluding carboxylic acids is 2. The minimum absolute atomic E-state index is 0.0331. The highest BCUT2D eigenvalue weighted by molar-refractivity contribution is 5.98. The number of anilines is 1. The molecule has 38 heavy (non-hydrogen) atoms. The van der Waals surface area contributed by atoms with Crippen molar-refractivity contribution in [1.82, 2.24) is 9.55 Å². The fourth-order valence-corrected chi connectivity index (χ4v) is 5.10. The zero-order chi connectivity index (χ0) is 27.0. The highest BCUT2D eigenvalue weighted by Gasteiger charge is 2.53. The van der Waals surface area contributed by atoms with Crippen molar-refractivity contribution >= 4 is 28.5 Å². The number of para-hydroxylation sites is 1. The molecule has 2 aromatic carbocycles. The molecule has 2 aromatic heterocycles. The number of cyclic esters (lactones) is 1. The Morgan fingerprint density at radius 1 is 1.16 bits per heavy atom. The summed E-state index contributed by atoms with van der Waals surface area (Å²) in [5.41, 5.74) is 3.82. The quantitative estimate of drug-likeness (QED) is 0.195. The van der Waals surface area contributed by atoms with E-state index in [2.05, 4.69) is 11.1 Å². The number of pyridine rings is 1. The summed E-state index contributed by atoms with van der Waals surface area (Å²) in [5.74, 6) is -0.492. The van der Waals surface area contributed by atoms with E-state index in [4.69, 9.17) is 19.2 Å². The molecular weight excluding hydrogens is 482 g/mol. The molecule has 8 heteroatoms. The molecule has 0 amide bonds. The number of hydrogen-bond acceptors (Lipinski definition) is 7. The van der Waals surface area contributed by atoms with Gasteiger partial charge in [-0.25, -0.2) is 9.59 Å². The van der Waals surface area contributed by atoms with Crippen LogP contribution in [0.4, 0.5) is 5.69 Å². The summed E-state index contributed by atoms with van der Waals surface area (Å²) in [7, 11) is 5.86. The van der Waals surface area contributed by atoms with Gasteiger partial charge >= 0.3 is 11.9 Å². The first-order chi connectivity index (χ1) is 18.3. The molecular formula is C30H29N3O5. The van der Waals surface area contributed by atoms with Gasteiger partial charge in [0.25, 0.3) is 0 Å². The van der Waals surface area contributed by atoms with Crippen LogP contribution in [0.2, 0.25) is 0 Å². The number of esters is 2. The Labute approximate surface area is 221 Å². The van der Waals surface area contributed by atoms with Gasteiger partial charge in [0.2, 0.25) is 5.60 Å². The molecule has 0 aliphatic carbocycles. The van der Waals surface area contributed by atoms with E-state index >= 15 is 0 Å². The monoisotopic (exact) mass is 511 g/mol. The van der Waals surface area contributed by atoms with Crippen LogP contribution in [0.5, 0.6) is 5.75 Å². The van der Waals surface area contributed by atoms with Gasteiger partial charge in [0.1, 0.15) is 24.7 Å². The van der Waals surface area contributed by atoms with Crippen LogP contribution in [-0.2, 0) is 26.9 Å². The summed E-state index contributed by atoms with van der Waals surface area (Å²) < 4.78 is 19.8. The number of nitrogens with zero attached hydrogens (tertiary/aromatic N) is 3. The average Bonchev–Trinajstić information content (AvgIpc) is 3.37. The second-order valence-corrected chi connectivity index (χ2v) is 9.30. The van der Waals surface area contributed by atoms with Crippen molar-refractivity contribution < 1.29 is 23.8 Å². The van der Waals surface area contributed by atoms with Gasteiger partial charge in [-0.2, -0.15) is 0 Å². The van der Waals surface area contributed by atoms with Gasteiger partial charge in [0.05, 0.1) is 5.56 Å². The van der Waals surface area contributed by atoms with Gasteiger partial charge in [0, 0.05) is 72.9 Å². The Bertz CT molecular complexity index is 1570. The molecule has 0 saturated heterocycles. The topological polar surface area (TPSA) is 82.9 Å². The number of aryl methyl sites for hydroxylation is 1. The van der Waals surface area contributed by atoms with Crippen molar-refractivity contribution in [2.45, 2.75) is 12.5 Å². The Balaban J connectivity index is 1.77. The molecule has 1 atom stereocenters. The average molecular weight is 512 g/mol. The minimum atomic E-state index is -1.36. The smallest absolute Gasteiger partial charge is 0.341 e. The fourth-order valence-electron chi connectivity index (χ4n) is 5.10. The maximum absolute atomic E-state index is 13.4. The van der Waals surface area contributed by atoms with Crippen LogP contribution < -0.4 is 9.64 Å². The summed E-state index contributed by atoms with van der Waals surface area (Å²) >= 11 is 0. The van der Waals surface area contributed by atoms with E-state index in [1.165, 1.54) is 0 Å².